The average Bonchev–Trinajstić information content (AvgIpc) is 3.10. The predicted molar refractivity (Wildman–Crippen MR) is 121 cm³/mol. The summed E-state index contributed by atoms with van der Waals surface area (Å²) in [4.78, 5) is 60.0. The molecule has 11 nitrogen and oxygen atoms in total. The van der Waals surface area contributed by atoms with Gasteiger partial charge in [0.15, 0.2) is 5.60 Å². The molecule has 1 spiro atoms. The Hall–Kier alpha value is -5.19. The first-order chi connectivity index (χ1) is 17.5. The van der Waals surface area contributed by atoms with Gasteiger partial charge in [0.05, 0.1) is 16.7 Å². The number of aromatic carboxylic acids is 2. The molecule has 0 unspecified atom stereocenters. The molecule has 0 aromatic heterocycles. The van der Waals surface area contributed by atoms with Gasteiger partial charge >= 0.3 is 29.8 Å². The van der Waals surface area contributed by atoms with Crippen molar-refractivity contribution in [3.63, 3.8) is 0 Å². The van der Waals surface area contributed by atoms with Gasteiger partial charge in [-0.3, -0.25) is 9.59 Å². The van der Waals surface area contributed by atoms with Gasteiger partial charge in [0.1, 0.15) is 23.0 Å². The van der Waals surface area contributed by atoms with Crippen LogP contribution in [0.4, 0.5) is 0 Å². The molecule has 3 aromatic carbocycles. The van der Waals surface area contributed by atoms with Crippen LogP contribution < -0.4 is 14.2 Å². The van der Waals surface area contributed by atoms with E-state index in [1.54, 1.807) is 0 Å². The number of carboxylic acid groups (broad SMARTS) is 2. The molecule has 0 fully saturated rings. The van der Waals surface area contributed by atoms with Crippen LogP contribution in [0.5, 0.6) is 23.0 Å². The Balaban J connectivity index is 1.83. The van der Waals surface area contributed by atoms with Gasteiger partial charge in [-0.1, -0.05) is 6.07 Å². The third-order valence-corrected chi connectivity index (χ3v) is 5.89. The highest BCUT2D eigenvalue weighted by Crippen LogP contribution is 2.57. The van der Waals surface area contributed by atoms with Crippen LogP contribution in [-0.2, 0) is 19.9 Å². The van der Waals surface area contributed by atoms with Crippen molar-refractivity contribution in [1.82, 2.24) is 0 Å². The van der Waals surface area contributed by atoms with Crippen molar-refractivity contribution < 1.29 is 53.1 Å². The van der Waals surface area contributed by atoms with Crippen LogP contribution in [0.15, 0.2) is 48.5 Å². The number of hydrogen-bond acceptors (Lipinski definition) is 9. The monoisotopic (exact) mass is 504 g/mol. The van der Waals surface area contributed by atoms with E-state index < -0.39 is 52.1 Å². The highest BCUT2D eigenvalue weighted by molar-refractivity contribution is 6.12. The van der Waals surface area contributed by atoms with Gasteiger partial charge in [0.2, 0.25) is 0 Å². The van der Waals surface area contributed by atoms with Gasteiger partial charge in [0, 0.05) is 42.7 Å². The van der Waals surface area contributed by atoms with Crippen molar-refractivity contribution in [3.05, 3.63) is 81.9 Å². The zero-order valence-corrected chi connectivity index (χ0v) is 19.2. The Labute approximate surface area is 207 Å². The number of carboxylic acids is 2. The second kappa shape index (κ2) is 8.19. The number of carbonyl (C=O) groups excluding carboxylic acids is 3. The quantitative estimate of drug-likeness (QED) is 0.395. The summed E-state index contributed by atoms with van der Waals surface area (Å²) < 4.78 is 22.2. The molecule has 2 heterocycles. The van der Waals surface area contributed by atoms with Crippen LogP contribution in [0.2, 0.25) is 0 Å². The largest absolute Gasteiger partial charge is 0.478 e. The number of benzene rings is 3. The van der Waals surface area contributed by atoms with Crippen LogP contribution in [0, 0.1) is 0 Å². The molecule has 3 aromatic rings. The molecule has 5 rings (SSSR count). The van der Waals surface area contributed by atoms with Crippen LogP contribution in [0.25, 0.3) is 0 Å². The van der Waals surface area contributed by atoms with Crippen LogP contribution >= 0.6 is 0 Å². The molecular formula is C26H16O11. The van der Waals surface area contributed by atoms with E-state index in [1.165, 1.54) is 56.3 Å². The summed E-state index contributed by atoms with van der Waals surface area (Å²) in [6.45, 7) is 2.43. The topological polar surface area (TPSA) is 163 Å². The molecule has 0 saturated carbocycles. The summed E-state index contributed by atoms with van der Waals surface area (Å²) in [5.41, 5.74) is -2.85. The first-order valence-corrected chi connectivity index (χ1v) is 10.7. The number of ether oxygens (including phenoxy) is 4. The maximum atomic E-state index is 13.2. The van der Waals surface area contributed by atoms with Crippen molar-refractivity contribution in [2.75, 3.05) is 0 Å². The zero-order chi connectivity index (χ0) is 26.6. The molecule has 2 aliphatic heterocycles. The van der Waals surface area contributed by atoms with Gasteiger partial charge in [-0.25, -0.2) is 14.4 Å². The highest BCUT2D eigenvalue weighted by Gasteiger charge is 2.55. The molecule has 186 valence electrons. The Morgan fingerprint density at radius 2 is 1.27 bits per heavy atom. The first kappa shape index (κ1) is 23.5. The Kier molecular flexibility index (Phi) is 5.21. The lowest BCUT2D eigenvalue weighted by atomic mass is 9.76. The molecule has 0 radical (unpaired) electrons. The summed E-state index contributed by atoms with van der Waals surface area (Å²) in [5, 5.41) is 19.4. The van der Waals surface area contributed by atoms with E-state index in [9.17, 15) is 34.2 Å². The zero-order valence-electron chi connectivity index (χ0n) is 19.2. The second-order valence-corrected chi connectivity index (χ2v) is 8.20. The van der Waals surface area contributed by atoms with Gasteiger partial charge in [-0.2, -0.15) is 0 Å². The Bertz CT molecular complexity index is 1500. The maximum Gasteiger partial charge on any atom is 0.341 e. The van der Waals surface area contributed by atoms with Crippen molar-refractivity contribution >= 4 is 29.8 Å². The summed E-state index contributed by atoms with van der Waals surface area (Å²) >= 11 is 0. The van der Waals surface area contributed by atoms with E-state index in [4.69, 9.17) is 18.9 Å². The fourth-order valence-electron chi connectivity index (χ4n) is 4.63. The molecule has 0 aliphatic carbocycles. The van der Waals surface area contributed by atoms with Crippen molar-refractivity contribution in [1.29, 1.82) is 0 Å². The summed E-state index contributed by atoms with van der Waals surface area (Å²) in [6, 6.07) is 11.0. The van der Waals surface area contributed by atoms with Gasteiger partial charge in [-0.15, -0.1) is 0 Å². The number of hydrogen-bond donors (Lipinski definition) is 2. The van der Waals surface area contributed by atoms with Crippen molar-refractivity contribution in [3.8, 4) is 23.0 Å². The fraction of sp³-hybridized carbons (Fsp3) is 0.115. The molecule has 2 N–H and O–H groups in total. The Morgan fingerprint density at radius 3 is 1.73 bits per heavy atom. The summed E-state index contributed by atoms with van der Waals surface area (Å²) in [6.07, 6.45) is 0. The summed E-state index contributed by atoms with van der Waals surface area (Å²) in [7, 11) is 0. The lowest BCUT2D eigenvalue weighted by molar-refractivity contribution is -0.132. The van der Waals surface area contributed by atoms with E-state index in [-0.39, 0.29) is 39.7 Å². The molecule has 37 heavy (non-hydrogen) atoms. The number of fused-ring (bicyclic) bond motifs is 6. The van der Waals surface area contributed by atoms with Gasteiger partial charge in [0.25, 0.3) is 0 Å². The molecule has 0 atom stereocenters. The van der Waals surface area contributed by atoms with Gasteiger partial charge in [-0.05, 0) is 30.3 Å². The smallest absolute Gasteiger partial charge is 0.341 e. The van der Waals surface area contributed by atoms with Crippen LogP contribution in [-0.4, -0.2) is 40.1 Å². The first-order valence-electron chi connectivity index (χ1n) is 10.7. The third-order valence-electron chi connectivity index (χ3n) is 5.89. The van der Waals surface area contributed by atoms with Crippen molar-refractivity contribution in [2.45, 2.75) is 19.4 Å². The summed E-state index contributed by atoms with van der Waals surface area (Å²) in [5.74, 6) is -4.93. The maximum absolute atomic E-state index is 13.2. The number of carbonyl (C=O) groups is 5. The lowest BCUT2D eigenvalue weighted by Gasteiger charge is -2.36. The lowest BCUT2D eigenvalue weighted by Crippen LogP contribution is -2.33. The average molecular weight is 504 g/mol. The number of rotatable bonds is 4. The Morgan fingerprint density at radius 1 is 0.757 bits per heavy atom. The van der Waals surface area contributed by atoms with E-state index >= 15 is 0 Å². The molecule has 0 amide bonds. The minimum Gasteiger partial charge on any atom is -0.478 e. The predicted octanol–water partition coefficient (Wildman–Crippen LogP) is 3.50. The van der Waals surface area contributed by atoms with E-state index in [0.717, 1.165) is 6.07 Å². The van der Waals surface area contributed by atoms with Crippen LogP contribution in [0.3, 0.4) is 0 Å². The molecule has 2 aliphatic rings. The SMILES string of the molecule is CC(=O)Oc1ccc2c(c1)Oc1cc(OC(C)=O)ccc1C21OC(=O)c2c1ccc(C(=O)O)c2C(=O)O. The third kappa shape index (κ3) is 3.56. The second-order valence-electron chi connectivity index (χ2n) is 8.20. The minimum absolute atomic E-state index is 0.0752. The molecule has 11 heteroatoms. The molecule has 0 bridgehead atoms. The minimum atomic E-state index is -1.75. The van der Waals surface area contributed by atoms with Crippen molar-refractivity contribution in [2.24, 2.45) is 0 Å². The van der Waals surface area contributed by atoms with E-state index in [0.29, 0.717) is 0 Å². The van der Waals surface area contributed by atoms with Crippen LogP contribution in [0.1, 0.15) is 61.6 Å². The number of esters is 3. The highest BCUT2D eigenvalue weighted by atomic mass is 16.6. The van der Waals surface area contributed by atoms with E-state index in [2.05, 4.69) is 0 Å². The standard InChI is InChI=1S/C26H16O11/c1-11(27)34-13-3-6-16-19(9-13)36-20-10-14(35-12(2)28)4-7-17(20)26(16)18-8-5-15(23(29)30)21(24(31)32)22(18)25(33)37-26/h3-10H,1-2H3,(H,29,30)(H,31,32). The molecule has 0 saturated heterocycles. The van der Waals surface area contributed by atoms with Gasteiger partial charge < -0.3 is 29.2 Å². The molecular weight excluding hydrogens is 488 g/mol. The normalized spacial score (nSPS) is 13.9. The van der Waals surface area contributed by atoms with E-state index in [1.807, 2.05) is 0 Å². The fourth-order valence-corrected chi connectivity index (χ4v) is 4.63.